The minimum Gasteiger partial charge on any atom is -0.356 e. The fourth-order valence-corrected chi connectivity index (χ4v) is 3.00. The average molecular weight is 282 g/mol. The molecule has 1 aliphatic carbocycles. The molecule has 0 radical (unpaired) electrons. The highest BCUT2D eigenvalue weighted by Gasteiger charge is 2.44. The summed E-state index contributed by atoms with van der Waals surface area (Å²) < 4.78 is 0. The number of carbonyl (C=O) groups is 1. The second-order valence-corrected chi connectivity index (χ2v) is 8.42. The Bertz CT molecular complexity index is 343. The van der Waals surface area contributed by atoms with E-state index in [0.717, 1.165) is 19.4 Å². The molecule has 4 unspecified atom stereocenters. The first-order valence-corrected chi connectivity index (χ1v) is 8.01. The first-order valence-electron chi connectivity index (χ1n) is 8.01. The van der Waals surface area contributed by atoms with Gasteiger partial charge in [-0.1, -0.05) is 48.5 Å². The minimum atomic E-state index is -0.0211. The van der Waals surface area contributed by atoms with Crippen LogP contribution < -0.4 is 11.1 Å². The van der Waals surface area contributed by atoms with Crippen LogP contribution in [-0.4, -0.2) is 18.5 Å². The molecule has 3 nitrogen and oxygen atoms in total. The number of nitrogens with one attached hydrogen (secondary N) is 1. The van der Waals surface area contributed by atoms with Crippen LogP contribution in [-0.2, 0) is 4.79 Å². The van der Waals surface area contributed by atoms with Gasteiger partial charge in [0.1, 0.15) is 0 Å². The normalized spacial score (nSPS) is 31.7. The Kier molecular flexibility index (Phi) is 5.29. The van der Waals surface area contributed by atoms with Crippen molar-refractivity contribution in [2.24, 2.45) is 34.3 Å². The van der Waals surface area contributed by atoms with Crippen molar-refractivity contribution in [3.05, 3.63) is 0 Å². The Hall–Kier alpha value is -0.570. The molecule has 0 aromatic rings. The van der Waals surface area contributed by atoms with Crippen LogP contribution in [0.3, 0.4) is 0 Å². The third-order valence-corrected chi connectivity index (χ3v) is 5.88. The van der Waals surface area contributed by atoms with Crippen molar-refractivity contribution in [3.8, 4) is 0 Å². The van der Waals surface area contributed by atoms with Crippen LogP contribution in [0, 0.1) is 28.6 Å². The van der Waals surface area contributed by atoms with Crippen LogP contribution in [0.4, 0.5) is 0 Å². The van der Waals surface area contributed by atoms with Crippen molar-refractivity contribution in [2.75, 3.05) is 6.54 Å². The lowest BCUT2D eigenvalue weighted by atomic mass is 9.61. The van der Waals surface area contributed by atoms with Crippen molar-refractivity contribution in [3.63, 3.8) is 0 Å². The van der Waals surface area contributed by atoms with E-state index in [2.05, 4.69) is 53.8 Å². The largest absolute Gasteiger partial charge is 0.356 e. The molecule has 3 N–H and O–H groups in total. The molecule has 0 spiro atoms. The van der Waals surface area contributed by atoms with E-state index in [0.29, 0.717) is 11.8 Å². The molecule has 1 fully saturated rings. The Morgan fingerprint density at radius 3 is 2.40 bits per heavy atom. The van der Waals surface area contributed by atoms with Crippen LogP contribution >= 0.6 is 0 Å². The molecule has 118 valence electrons. The smallest absolute Gasteiger partial charge is 0.223 e. The van der Waals surface area contributed by atoms with Gasteiger partial charge in [0.25, 0.3) is 0 Å². The maximum absolute atomic E-state index is 12.5. The molecule has 1 saturated carbocycles. The van der Waals surface area contributed by atoms with Crippen molar-refractivity contribution in [1.29, 1.82) is 0 Å². The zero-order valence-electron chi connectivity index (χ0n) is 14.4. The molecular formula is C17H34N2O. The average Bonchev–Trinajstić information content (AvgIpc) is 2.31. The van der Waals surface area contributed by atoms with Crippen molar-refractivity contribution >= 4 is 5.91 Å². The van der Waals surface area contributed by atoms with E-state index in [9.17, 15) is 4.79 Å². The van der Waals surface area contributed by atoms with Crippen LogP contribution in [0.15, 0.2) is 0 Å². The first kappa shape index (κ1) is 17.5. The summed E-state index contributed by atoms with van der Waals surface area (Å²) >= 11 is 0. The van der Waals surface area contributed by atoms with E-state index in [4.69, 9.17) is 5.73 Å². The molecule has 0 saturated heterocycles. The van der Waals surface area contributed by atoms with Crippen molar-refractivity contribution in [2.45, 2.75) is 67.3 Å². The molecular weight excluding hydrogens is 248 g/mol. The maximum Gasteiger partial charge on any atom is 0.223 e. The Morgan fingerprint density at radius 2 is 1.90 bits per heavy atom. The molecule has 0 bridgehead atoms. The highest BCUT2D eigenvalue weighted by molar-refractivity contribution is 5.79. The predicted molar refractivity (Wildman–Crippen MR) is 85.3 cm³/mol. The van der Waals surface area contributed by atoms with Crippen LogP contribution in [0.25, 0.3) is 0 Å². The van der Waals surface area contributed by atoms with Gasteiger partial charge in [0.2, 0.25) is 5.91 Å². The second kappa shape index (κ2) is 6.05. The van der Waals surface area contributed by atoms with Gasteiger partial charge < -0.3 is 11.1 Å². The summed E-state index contributed by atoms with van der Waals surface area (Å²) in [5, 5.41) is 3.17. The van der Waals surface area contributed by atoms with Gasteiger partial charge in [0.05, 0.1) is 0 Å². The van der Waals surface area contributed by atoms with Gasteiger partial charge in [0.15, 0.2) is 0 Å². The lowest BCUT2D eigenvalue weighted by Gasteiger charge is -2.46. The van der Waals surface area contributed by atoms with Gasteiger partial charge in [-0.2, -0.15) is 0 Å². The molecule has 1 rings (SSSR count). The fourth-order valence-electron chi connectivity index (χ4n) is 3.00. The molecule has 20 heavy (non-hydrogen) atoms. The lowest BCUT2D eigenvalue weighted by Crippen LogP contribution is -2.52. The fraction of sp³-hybridized carbons (Fsp3) is 0.941. The number of carbonyl (C=O) groups excluding carboxylic acids is 1. The number of hydrogen-bond donors (Lipinski definition) is 2. The molecule has 3 heteroatoms. The van der Waals surface area contributed by atoms with E-state index < -0.39 is 0 Å². The van der Waals surface area contributed by atoms with Gasteiger partial charge >= 0.3 is 0 Å². The van der Waals surface area contributed by atoms with Crippen LogP contribution in [0.5, 0.6) is 0 Å². The molecule has 0 aromatic heterocycles. The third kappa shape index (κ3) is 3.75. The summed E-state index contributed by atoms with van der Waals surface area (Å²) in [5.74, 6) is 1.15. The zero-order valence-corrected chi connectivity index (χ0v) is 14.4. The third-order valence-electron chi connectivity index (χ3n) is 5.88. The Morgan fingerprint density at radius 1 is 1.35 bits per heavy atom. The lowest BCUT2D eigenvalue weighted by molar-refractivity contribution is -0.132. The van der Waals surface area contributed by atoms with E-state index in [-0.39, 0.29) is 28.7 Å². The van der Waals surface area contributed by atoms with E-state index in [1.807, 2.05) is 0 Å². The van der Waals surface area contributed by atoms with Crippen LogP contribution in [0.1, 0.15) is 61.3 Å². The molecule has 0 aromatic carbocycles. The highest BCUT2D eigenvalue weighted by Crippen LogP contribution is 2.44. The number of rotatable bonds is 3. The summed E-state index contributed by atoms with van der Waals surface area (Å²) in [4.78, 5) is 12.5. The Labute approximate surface area is 125 Å². The highest BCUT2D eigenvalue weighted by atomic mass is 16.1. The summed E-state index contributed by atoms with van der Waals surface area (Å²) in [6.45, 7) is 16.2. The van der Waals surface area contributed by atoms with Crippen molar-refractivity contribution in [1.82, 2.24) is 5.32 Å². The predicted octanol–water partition coefficient (Wildman–Crippen LogP) is 3.18. The topological polar surface area (TPSA) is 55.1 Å². The van der Waals surface area contributed by atoms with Gasteiger partial charge in [-0.15, -0.1) is 0 Å². The minimum absolute atomic E-state index is 0.0211. The molecule has 1 amide bonds. The number of nitrogens with two attached hydrogens (primary N) is 1. The first-order chi connectivity index (χ1) is 8.98. The zero-order chi connectivity index (χ0) is 15.7. The molecule has 4 atom stereocenters. The molecule has 0 heterocycles. The quantitative estimate of drug-likeness (QED) is 0.835. The van der Waals surface area contributed by atoms with Gasteiger partial charge in [-0.05, 0) is 35.5 Å². The number of hydrogen-bond acceptors (Lipinski definition) is 2. The summed E-state index contributed by atoms with van der Waals surface area (Å²) in [7, 11) is 0. The SMILES string of the molecule is CC(CNC(=O)C1CCC(N)C(C)C1(C)C)C(C)(C)C. The summed E-state index contributed by atoms with van der Waals surface area (Å²) in [6, 6.07) is 0.225. The molecule has 0 aliphatic heterocycles. The monoisotopic (exact) mass is 282 g/mol. The van der Waals surface area contributed by atoms with E-state index >= 15 is 0 Å². The number of amides is 1. The summed E-state index contributed by atoms with van der Waals surface area (Å²) in [6.07, 6.45) is 1.87. The van der Waals surface area contributed by atoms with Gasteiger partial charge in [-0.25, -0.2) is 0 Å². The van der Waals surface area contributed by atoms with E-state index in [1.165, 1.54) is 0 Å². The van der Waals surface area contributed by atoms with Crippen LogP contribution in [0.2, 0.25) is 0 Å². The maximum atomic E-state index is 12.5. The summed E-state index contributed by atoms with van der Waals surface area (Å²) in [5.41, 5.74) is 6.37. The van der Waals surface area contributed by atoms with Crippen molar-refractivity contribution < 1.29 is 4.79 Å². The standard InChI is InChI=1S/C17H34N2O/c1-11(16(3,4)5)10-19-15(20)13-8-9-14(18)12(2)17(13,6)7/h11-14H,8-10,18H2,1-7H3,(H,19,20). The van der Waals surface area contributed by atoms with Gasteiger partial charge in [-0.3, -0.25) is 4.79 Å². The Balaban J connectivity index is 2.64. The van der Waals surface area contributed by atoms with E-state index in [1.54, 1.807) is 0 Å². The second-order valence-electron chi connectivity index (χ2n) is 8.42. The molecule has 1 aliphatic rings. The van der Waals surface area contributed by atoms with Gasteiger partial charge in [0, 0.05) is 18.5 Å².